The highest BCUT2D eigenvalue weighted by atomic mass is 32.1. The molecule has 0 spiro atoms. The van der Waals surface area contributed by atoms with Crippen LogP contribution in [0.4, 0.5) is 18.3 Å². The molecule has 0 aliphatic rings. The van der Waals surface area contributed by atoms with E-state index in [-0.39, 0.29) is 18.2 Å². The Kier molecular flexibility index (Phi) is 6.10. The monoisotopic (exact) mass is 471 g/mol. The predicted octanol–water partition coefficient (Wildman–Crippen LogP) is 5.87. The van der Waals surface area contributed by atoms with Crippen LogP contribution in [0.25, 0.3) is 21.3 Å². The molecule has 4 rings (SSSR count). The van der Waals surface area contributed by atoms with Crippen LogP contribution in [0.15, 0.2) is 54.7 Å². The Balaban J connectivity index is 1.70. The number of amides is 1. The van der Waals surface area contributed by atoms with E-state index in [9.17, 15) is 22.8 Å². The highest BCUT2D eigenvalue weighted by Gasteiger charge is 2.30. The molecule has 0 atom stereocenters. The number of para-hydroxylation sites is 1. The van der Waals surface area contributed by atoms with Gasteiger partial charge in [-0.2, -0.15) is 13.2 Å². The number of halogens is 3. The third kappa shape index (κ3) is 5.01. The smallest absolute Gasteiger partial charge is 0.416 e. The number of carbonyl (C=O) groups excluding carboxylic acids is 2. The lowest BCUT2D eigenvalue weighted by Crippen LogP contribution is -2.04. The van der Waals surface area contributed by atoms with E-state index in [1.807, 2.05) is 6.07 Å². The molecule has 0 aliphatic carbocycles. The Bertz CT molecular complexity index is 1330. The standard InChI is InChI=1S/C23H16F3N3O3S/c1-13(31)28-22-29-21-18(3-2-4-19(21)33-22)32-20-11-17(15(9-10-30)12-27-20)14-5-7-16(8-6-14)23(24,25)26/h2-8,10-12H,9H2,1H3,(H,28,29,31). The first-order chi connectivity index (χ1) is 15.7. The zero-order valence-corrected chi connectivity index (χ0v) is 18.0. The topological polar surface area (TPSA) is 81.2 Å². The third-order valence-corrected chi connectivity index (χ3v) is 5.60. The molecule has 168 valence electrons. The summed E-state index contributed by atoms with van der Waals surface area (Å²) in [5.41, 5.74) is 1.34. The van der Waals surface area contributed by atoms with Crippen molar-refractivity contribution < 1.29 is 27.5 Å². The lowest BCUT2D eigenvalue weighted by atomic mass is 9.99. The summed E-state index contributed by atoms with van der Waals surface area (Å²) in [6.07, 6.45) is -2.24. The van der Waals surface area contributed by atoms with Crippen molar-refractivity contribution in [3.8, 4) is 22.8 Å². The van der Waals surface area contributed by atoms with E-state index in [4.69, 9.17) is 4.74 Å². The van der Waals surface area contributed by atoms with E-state index >= 15 is 0 Å². The minimum Gasteiger partial charge on any atom is -0.437 e. The molecule has 0 saturated heterocycles. The Morgan fingerprint density at radius 3 is 2.61 bits per heavy atom. The maximum atomic E-state index is 12.9. The Labute approximate surface area is 190 Å². The fourth-order valence-corrected chi connectivity index (χ4v) is 4.13. The molecule has 0 aliphatic heterocycles. The fourth-order valence-electron chi connectivity index (χ4n) is 3.20. The molecule has 0 radical (unpaired) electrons. The van der Waals surface area contributed by atoms with E-state index < -0.39 is 11.7 Å². The van der Waals surface area contributed by atoms with Crippen LogP contribution in [0.1, 0.15) is 18.1 Å². The van der Waals surface area contributed by atoms with Gasteiger partial charge in [0.25, 0.3) is 0 Å². The van der Waals surface area contributed by atoms with Crippen molar-refractivity contribution in [3.63, 3.8) is 0 Å². The number of ether oxygens (including phenoxy) is 1. The maximum absolute atomic E-state index is 12.9. The van der Waals surface area contributed by atoms with Gasteiger partial charge in [0.1, 0.15) is 11.8 Å². The lowest BCUT2D eigenvalue weighted by molar-refractivity contribution is -0.137. The van der Waals surface area contributed by atoms with Crippen molar-refractivity contribution in [2.75, 3.05) is 5.32 Å². The van der Waals surface area contributed by atoms with Gasteiger partial charge in [-0.3, -0.25) is 4.79 Å². The van der Waals surface area contributed by atoms with Gasteiger partial charge < -0.3 is 14.8 Å². The molecule has 0 bridgehead atoms. The summed E-state index contributed by atoms with van der Waals surface area (Å²) in [4.78, 5) is 31.1. The predicted molar refractivity (Wildman–Crippen MR) is 118 cm³/mol. The van der Waals surface area contributed by atoms with Gasteiger partial charge in [-0.25, -0.2) is 9.97 Å². The quantitative estimate of drug-likeness (QED) is 0.356. The molecule has 0 unspecified atom stereocenters. The molecule has 0 fully saturated rings. The van der Waals surface area contributed by atoms with E-state index in [0.29, 0.717) is 39.4 Å². The highest BCUT2D eigenvalue weighted by Crippen LogP contribution is 2.36. The van der Waals surface area contributed by atoms with Crippen molar-refractivity contribution >= 4 is 38.9 Å². The van der Waals surface area contributed by atoms with Gasteiger partial charge in [0.05, 0.1) is 10.3 Å². The number of anilines is 1. The normalized spacial score (nSPS) is 11.4. The van der Waals surface area contributed by atoms with Crippen LogP contribution in [-0.4, -0.2) is 22.2 Å². The number of nitrogens with one attached hydrogen (secondary N) is 1. The summed E-state index contributed by atoms with van der Waals surface area (Å²) in [5.74, 6) is 0.334. The number of aromatic nitrogens is 2. The Morgan fingerprint density at radius 2 is 1.94 bits per heavy atom. The number of benzene rings is 2. The van der Waals surface area contributed by atoms with Crippen LogP contribution >= 0.6 is 11.3 Å². The number of aldehydes is 1. The van der Waals surface area contributed by atoms with Crippen LogP contribution in [0.5, 0.6) is 11.6 Å². The van der Waals surface area contributed by atoms with Crippen LogP contribution in [0, 0.1) is 0 Å². The molecule has 4 aromatic rings. The molecule has 33 heavy (non-hydrogen) atoms. The van der Waals surface area contributed by atoms with E-state index in [1.165, 1.54) is 36.6 Å². The van der Waals surface area contributed by atoms with Gasteiger partial charge in [-0.15, -0.1) is 0 Å². The van der Waals surface area contributed by atoms with Gasteiger partial charge in [0.2, 0.25) is 11.8 Å². The van der Waals surface area contributed by atoms with Crippen LogP contribution in [0.2, 0.25) is 0 Å². The minimum atomic E-state index is -4.45. The van der Waals surface area contributed by atoms with Gasteiger partial charge in [-0.05, 0) is 41.0 Å². The summed E-state index contributed by atoms with van der Waals surface area (Å²) in [6.45, 7) is 1.39. The van der Waals surface area contributed by atoms with E-state index in [2.05, 4.69) is 15.3 Å². The summed E-state index contributed by atoms with van der Waals surface area (Å²) in [6, 6.07) is 11.5. The number of rotatable bonds is 6. The fraction of sp³-hybridized carbons (Fsp3) is 0.130. The summed E-state index contributed by atoms with van der Waals surface area (Å²) >= 11 is 1.29. The molecule has 2 aromatic carbocycles. The molecule has 2 heterocycles. The number of alkyl halides is 3. The zero-order chi connectivity index (χ0) is 23.6. The van der Waals surface area contributed by atoms with Crippen LogP contribution in [0.3, 0.4) is 0 Å². The number of hydrogen-bond donors (Lipinski definition) is 1. The van der Waals surface area contributed by atoms with Crippen molar-refractivity contribution in [2.24, 2.45) is 0 Å². The number of pyridine rings is 1. The first kappa shape index (κ1) is 22.4. The number of fused-ring (bicyclic) bond motifs is 1. The molecular weight excluding hydrogens is 455 g/mol. The molecule has 10 heteroatoms. The van der Waals surface area contributed by atoms with Crippen molar-refractivity contribution in [1.29, 1.82) is 0 Å². The molecule has 0 saturated carbocycles. The summed E-state index contributed by atoms with van der Waals surface area (Å²) in [5, 5.41) is 3.06. The van der Waals surface area contributed by atoms with Gasteiger partial charge in [0, 0.05) is 25.6 Å². The molecule has 6 nitrogen and oxygen atoms in total. The van der Waals surface area contributed by atoms with Crippen molar-refractivity contribution in [1.82, 2.24) is 9.97 Å². The Morgan fingerprint density at radius 1 is 1.18 bits per heavy atom. The maximum Gasteiger partial charge on any atom is 0.416 e. The first-order valence-electron chi connectivity index (χ1n) is 9.70. The van der Waals surface area contributed by atoms with Crippen molar-refractivity contribution in [2.45, 2.75) is 19.5 Å². The number of carbonyl (C=O) groups is 2. The average molecular weight is 471 g/mol. The summed E-state index contributed by atoms with van der Waals surface area (Å²) < 4.78 is 45.5. The summed E-state index contributed by atoms with van der Waals surface area (Å²) in [7, 11) is 0. The van der Waals surface area contributed by atoms with Crippen LogP contribution in [-0.2, 0) is 22.2 Å². The second-order valence-corrected chi connectivity index (χ2v) is 8.06. The first-order valence-corrected chi connectivity index (χ1v) is 10.5. The SMILES string of the molecule is CC(=O)Nc1nc2c(Oc3cc(-c4ccc(C(F)(F)F)cc4)c(CC=O)cn3)cccc2s1. The van der Waals surface area contributed by atoms with Crippen LogP contribution < -0.4 is 10.1 Å². The number of nitrogens with zero attached hydrogens (tertiary/aromatic N) is 2. The molecule has 1 N–H and O–H groups in total. The average Bonchev–Trinajstić information content (AvgIpc) is 3.17. The lowest BCUT2D eigenvalue weighted by Gasteiger charge is -2.12. The van der Waals surface area contributed by atoms with E-state index in [0.717, 1.165) is 16.8 Å². The number of hydrogen-bond acceptors (Lipinski definition) is 6. The minimum absolute atomic E-state index is 0.0470. The Hall–Kier alpha value is -3.79. The zero-order valence-electron chi connectivity index (χ0n) is 17.1. The second-order valence-electron chi connectivity index (χ2n) is 7.03. The second kappa shape index (κ2) is 8.99. The highest BCUT2D eigenvalue weighted by molar-refractivity contribution is 7.22. The third-order valence-electron chi connectivity index (χ3n) is 4.67. The molecular formula is C23H16F3N3O3S. The molecule has 1 amide bonds. The largest absolute Gasteiger partial charge is 0.437 e. The van der Waals surface area contributed by atoms with Gasteiger partial charge in [-0.1, -0.05) is 29.5 Å². The van der Waals surface area contributed by atoms with Gasteiger partial charge in [0.15, 0.2) is 10.9 Å². The van der Waals surface area contributed by atoms with Gasteiger partial charge >= 0.3 is 6.18 Å². The van der Waals surface area contributed by atoms with Crippen molar-refractivity contribution in [3.05, 3.63) is 65.9 Å². The van der Waals surface area contributed by atoms with E-state index in [1.54, 1.807) is 18.2 Å². The number of thiazole rings is 1. The molecule has 2 aromatic heterocycles.